The predicted molar refractivity (Wildman–Crippen MR) is 166 cm³/mol. The molecule has 0 bridgehead atoms. The Labute approximate surface area is 257 Å². The van der Waals surface area contributed by atoms with Gasteiger partial charge in [-0.15, -0.1) is 5.69 Å². The number of rotatable bonds is 7. The van der Waals surface area contributed by atoms with E-state index >= 15 is 0 Å². The Morgan fingerprint density at radius 3 is 2.00 bits per heavy atom. The van der Waals surface area contributed by atoms with Gasteiger partial charge in [0.1, 0.15) is 0 Å². The number of hydrogen-bond acceptors (Lipinski definition) is 2. The van der Waals surface area contributed by atoms with E-state index in [2.05, 4.69) is 111 Å². The third-order valence-electron chi connectivity index (χ3n) is 6.26. The van der Waals surface area contributed by atoms with Gasteiger partial charge in [0, 0.05) is 31.5 Å². The summed E-state index contributed by atoms with van der Waals surface area (Å²) in [6.07, 6.45) is 7.69. The molecule has 1 aliphatic heterocycles. The maximum Gasteiger partial charge on any atom is 0.242 e. The standard InChI is InChI=1S/C30H25N4.2C2H4N.Ir/c1-3-13-25(14-4-1)33-23-31(27-17-7-9-19-29(27)33)21-11-12-22-32-24-34(26-15-5-2-6-16-26)30-20-10-8-18-28(30)32;2*1-2-3;/h1-10,13,15,17-20,23H,11-12,21-22H2;2*2H,1H3;/q-3;2*-1;. The number of nitrogens with zero attached hydrogens (tertiary/aromatic N) is 6. The van der Waals surface area contributed by atoms with Crippen LogP contribution < -0.4 is 14.4 Å². The van der Waals surface area contributed by atoms with Gasteiger partial charge in [-0.25, -0.2) is 12.4 Å². The maximum atomic E-state index is 7.44. The number of imidazole rings is 1. The van der Waals surface area contributed by atoms with E-state index in [-0.39, 0.29) is 20.1 Å². The van der Waals surface area contributed by atoms with Crippen molar-refractivity contribution in [2.45, 2.75) is 33.2 Å². The van der Waals surface area contributed by atoms with Crippen LogP contribution in [0.25, 0.3) is 27.5 Å². The molecule has 0 unspecified atom stereocenters. The van der Waals surface area contributed by atoms with Crippen molar-refractivity contribution < 1.29 is 24.7 Å². The molecule has 0 fully saturated rings. The van der Waals surface area contributed by atoms with Gasteiger partial charge in [0.15, 0.2) is 0 Å². The smallest absolute Gasteiger partial charge is 0.242 e. The van der Waals surface area contributed by atoms with Gasteiger partial charge in [0.25, 0.3) is 0 Å². The van der Waals surface area contributed by atoms with Crippen molar-refractivity contribution in [2.75, 3.05) is 16.3 Å². The summed E-state index contributed by atoms with van der Waals surface area (Å²) in [6.45, 7) is 7.20. The van der Waals surface area contributed by atoms with Crippen LogP contribution in [-0.2, 0) is 26.7 Å². The van der Waals surface area contributed by atoms with Crippen LogP contribution >= 0.6 is 0 Å². The summed E-state index contributed by atoms with van der Waals surface area (Å²) in [5, 5.41) is 14.9. The van der Waals surface area contributed by atoms with Crippen LogP contribution in [-0.4, -0.2) is 23.5 Å². The minimum Gasteiger partial charge on any atom is -0.814 e. The molecule has 0 N–H and O–H groups in total. The number of unbranched alkanes of at least 4 members (excludes halogenated alkanes) is 1. The van der Waals surface area contributed by atoms with E-state index in [0.717, 1.165) is 55.3 Å². The Kier molecular flexibility index (Phi) is 12.5. The average Bonchev–Trinajstić information content (AvgIpc) is 3.56. The molecular formula is C34H33IrN6-5. The third kappa shape index (κ3) is 7.78. The average molecular weight is 718 g/mol. The van der Waals surface area contributed by atoms with Crippen LogP contribution in [0.3, 0.4) is 0 Å². The van der Waals surface area contributed by atoms with Crippen molar-refractivity contribution in [1.29, 1.82) is 0 Å². The molecule has 1 aliphatic rings. The Hall–Kier alpha value is -4.06. The molecule has 0 saturated carbocycles. The summed E-state index contributed by atoms with van der Waals surface area (Å²) in [4.78, 5) is 4.58. The Morgan fingerprint density at radius 1 is 0.756 bits per heavy atom. The SMILES string of the molecule is CC=[N-].CC=[N-].[Ir].[c-]1ccccc1N1[CH-]N(CCCC[n+]2[c-]n(-c3[c-]cccc3)c3ccccc32)c2ccccc21. The van der Waals surface area contributed by atoms with Crippen molar-refractivity contribution in [1.82, 2.24) is 4.57 Å². The molecule has 0 spiro atoms. The monoisotopic (exact) mass is 718 g/mol. The van der Waals surface area contributed by atoms with Gasteiger partial charge in [-0.3, -0.25) is 0 Å². The second kappa shape index (κ2) is 16.3. The van der Waals surface area contributed by atoms with Crippen molar-refractivity contribution in [3.05, 3.63) is 133 Å². The molecule has 0 aliphatic carbocycles. The van der Waals surface area contributed by atoms with Gasteiger partial charge in [0.05, 0.1) is 17.6 Å². The molecule has 2 heterocycles. The molecule has 5 aromatic rings. The van der Waals surface area contributed by atoms with Gasteiger partial charge < -0.3 is 29.8 Å². The van der Waals surface area contributed by atoms with E-state index in [1.165, 1.54) is 16.9 Å². The number of anilines is 3. The van der Waals surface area contributed by atoms with E-state index < -0.39 is 0 Å². The summed E-state index contributed by atoms with van der Waals surface area (Å²) >= 11 is 0. The van der Waals surface area contributed by atoms with E-state index in [4.69, 9.17) is 10.8 Å². The minimum absolute atomic E-state index is 0. The van der Waals surface area contributed by atoms with Crippen molar-refractivity contribution in [3.63, 3.8) is 0 Å². The zero-order valence-corrected chi connectivity index (χ0v) is 25.7. The summed E-state index contributed by atoms with van der Waals surface area (Å²) in [6, 6.07) is 39.9. The number of hydrogen-bond donors (Lipinski definition) is 0. The summed E-state index contributed by atoms with van der Waals surface area (Å²) in [5.41, 5.74) is 6.88. The molecule has 0 atom stereocenters. The molecule has 1 radical (unpaired) electrons. The largest absolute Gasteiger partial charge is 0.814 e. The minimum atomic E-state index is 0. The molecule has 1 aromatic heterocycles. The molecule has 41 heavy (non-hydrogen) atoms. The predicted octanol–water partition coefficient (Wildman–Crippen LogP) is 7.17. The molecule has 213 valence electrons. The van der Waals surface area contributed by atoms with Gasteiger partial charge in [-0.1, -0.05) is 55.9 Å². The summed E-state index contributed by atoms with van der Waals surface area (Å²) < 4.78 is 4.34. The quantitative estimate of drug-likeness (QED) is 0.0777. The number of fused-ring (bicyclic) bond motifs is 2. The van der Waals surface area contributed by atoms with E-state index in [0.29, 0.717) is 0 Å². The fraction of sp³-hybridized carbons (Fsp3) is 0.176. The first kappa shape index (κ1) is 31.5. The zero-order valence-electron chi connectivity index (χ0n) is 23.3. The van der Waals surface area contributed by atoms with Crippen LogP contribution in [0.15, 0.2) is 97.1 Å². The molecule has 0 saturated heterocycles. The van der Waals surface area contributed by atoms with E-state index in [1.807, 2.05) is 30.3 Å². The summed E-state index contributed by atoms with van der Waals surface area (Å²) in [5.74, 6) is 0. The van der Waals surface area contributed by atoms with Crippen LogP contribution in [0.1, 0.15) is 26.7 Å². The second-order valence-electron chi connectivity index (χ2n) is 8.96. The first-order chi connectivity index (χ1) is 19.7. The van der Waals surface area contributed by atoms with Crippen LogP contribution in [0.2, 0.25) is 0 Å². The van der Waals surface area contributed by atoms with Crippen LogP contribution in [0, 0.1) is 25.1 Å². The van der Waals surface area contributed by atoms with Gasteiger partial charge in [0.2, 0.25) is 6.33 Å². The molecule has 6 rings (SSSR count). The number of aryl methyl sites for hydroxylation is 1. The topological polar surface area (TPSA) is 59.9 Å². The second-order valence-corrected chi connectivity index (χ2v) is 8.96. The zero-order chi connectivity index (χ0) is 28.2. The van der Waals surface area contributed by atoms with Crippen molar-refractivity contribution in [3.8, 4) is 5.69 Å². The Morgan fingerprint density at radius 2 is 1.34 bits per heavy atom. The fourth-order valence-electron chi connectivity index (χ4n) is 4.62. The first-order valence-corrected chi connectivity index (χ1v) is 13.4. The Bertz CT molecular complexity index is 1490. The van der Waals surface area contributed by atoms with E-state index in [9.17, 15) is 0 Å². The number of benzene rings is 4. The molecule has 0 amide bonds. The molecule has 7 heteroatoms. The molecular weight excluding hydrogens is 685 g/mol. The van der Waals surface area contributed by atoms with Crippen LogP contribution in [0.4, 0.5) is 17.1 Å². The molecule has 4 aromatic carbocycles. The third-order valence-corrected chi connectivity index (χ3v) is 6.26. The summed E-state index contributed by atoms with van der Waals surface area (Å²) in [7, 11) is 0. The van der Waals surface area contributed by atoms with Gasteiger partial charge >= 0.3 is 0 Å². The number of aromatic nitrogens is 2. The van der Waals surface area contributed by atoms with Crippen LogP contribution in [0.5, 0.6) is 0 Å². The van der Waals surface area contributed by atoms with Gasteiger partial charge in [-0.05, 0) is 31.5 Å². The normalized spacial score (nSPS) is 11.4. The van der Waals surface area contributed by atoms with Crippen molar-refractivity contribution in [2.24, 2.45) is 0 Å². The van der Waals surface area contributed by atoms with Crippen molar-refractivity contribution >= 4 is 40.5 Å². The number of para-hydroxylation sites is 6. The maximum absolute atomic E-state index is 7.44. The van der Waals surface area contributed by atoms with E-state index in [1.54, 1.807) is 13.8 Å². The van der Waals surface area contributed by atoms with Gasteiger partial charge in [-0.2, -0.15) is 67.3 Å². The first-order valence-electron chi connectivity index (χ1n) is 13.4. The molecule has 6 nitrogen and oxygen atoms in total. The fourth-order valence-corrected chi connectivity index (χ4v) is 4.62. The Balaban J connectivity index is 0.000000610.